The van der Waals surface area contributed by atoms with Crippen LogP contribution < -0.4 is 9.44 Å². The Morgan fingerprint density at radius 1 is 1.67 bits per heavy atom. The molecule has 12 heavy (non-hydrogen) atoms. The normalized spacial score (nSPS) is 10.4. The van der Waals surface area contributed by atoms with Crippen LogP contribution in [0, 0.1) is 0 Å². The van der Waals surface area contributed by atoms with Crippen LogP contribution in [0.1, 0.15) is 0 Å². The second-order valence-corrected chi connectivity index (χ2v) is 3.32. The van der Waals surface area contributed by atoms with Crippen LogP contribution in [0.25, 0.3) is 0 Å². The first-order valence-corrected chi connectivity index (χ1v) is 4.49. The average Bonchev–Trinajstić information content (AvgIpc) is 2.00. The highest BCUT2D eigenvalue weighted by Gasteiger charge is 2.11. The highest BCUT2D eigenvalue weighted by atomic mass is 32.2. The molecule has 0 saturated heterocycles. The van der Waals surface area contributed by atoms with Crippen molar-refractivity contribution in [1.82, 2.24) is 9.44 Å². The van der Waals surface area contributed by atoms with Crippen molar-refractivity contribution in [1.29, 1.82) is 0 Å². The van der Waals surface area contributed by atoms with Crippen LogP contribution in [-0.4, -0.2) is 28.2 Å². The van der Waals surface area contributed by atoms with Gasteiger partial charge < -0.3 is 4.74 Å². The lowest BCUT2D eigenvalue weighted by molar-refractivity contribution is 0.165. The van der Waals surface area contributed by atoms with Gasteiger partial charge in [0.1, 0.15) is 6.61 Å². The predicted octanol–water partition coefficient (Wildman–Crippen LogP) is -0.637. The minimum absolute atomic E-state index is 0.0366. The van der Waals surface area contributed by atoms with Gasteiger partial charge in [0.15, 0.2) is 0 Å². The van der Waals surface area contributed by atoms with Gasteiger partial charge in [-0.05, 0) is 0 Å². The summed E-state index contributed by atoms with van der Waals surface area (Å²) in [6.07, 6.45) is 0.287. The van der Waals surface area contributed by atoms with Gasteiger partial charge in [-0.1, -0.05) is 12.7 Å². The SMILES string of the molecule is C=CCOC(=O)NS(=O)(=O)NC. The molecule has 0 heterocycles. The molecule has 0 fully saturated rings. The molecule has 0 aliphatic heterocycles. The molecule has 0 aromatic heterocycles. The van der Waals surface area contributed by atoms with E-state index in [1.54, 1.807) is 4.72 Å². The van der Waals surface area contributed by atoms with E-state index in [4.69, 9.17) is 0 Å². The summed E-state index contributed by atoms with van der Waals surface area (Å²) in [5.41, 5.74) is 0. The summed E-state index contributed by atoms with van der Waals surface area (Å²) in [5.74, 6) is 0. The first-order chi connectivity index (χ1) is 5.52. The summed E-state index contributed by atoms with van der Waals surface area (Å²) in [6.45, 7) is 3.24. The van der Waals surface area contributed by atoms with Crippen LogP contribution in [0.3, 0.4) is 0 Å². The fraction of sp³-hybridized carbons (Fsp3) is 0.400. The zero-order valence-corrected chi connectivity index (χ0v) is 7.35. The van der Waals surface area contributed by atoms with Crippen molar-refractivity contribution in [3.63, 3.8) is 0 Å². The van der Waals surface area contributed by atoms with E-state index in [1.807, 2.05) is 4.72 Å². The Balaban J connectivity index is 3.93. The molecule has 0 unspecified atom stereocenters. The molecule has 0 saturated carbocycles. The first-order valence-electron chi connectivity index (χ1n) is 3.01. The van der Waals surface area contributed by atoms with E-state index in [-0.39, 0.29) is 6.61 Å². The van der Waals surface area contributed by atoms with Gasteiger partial charge in [-0.2, -0.15) is 8.42 Å². The summed E-state index contributed by atoms with van der Waals surface area (Å²) in [6, 6.07) is 0. The highest BCUT2D eigenvalue weighted by molar-refractivity contribution is 7.88. The second kappa shape index (κ2) is 4.73. The molecule has 0 aliphatic rings. The number of rotatable bonds is 4. The molecule has 0 aromatic carbocycles. The Labute approximate surface area is 70.8 Å². The summed E-state index contributed by atoms with van der Waals surface area (Å²) >= 11 is 0. The molecule has 0 radical (unpaired) electrons. The number of carbonyl (C=O) groups excluding carboxylic acids is 1. The van der Waals surface area contributed by atoms with Crippen LogP contribution in [0.2, 0.25) is 0 Å². The standard InChI is InChI=1S/C5H10N2O4S/c1-3-4-11-5(8)7-12(9,10)6-2/h3,6H,1,4H2,2H3,(H,7,8). The van der Waals surface area contributed by atoms with E-state index in [0.29, 0.717) is 0 Å². The Kier molecular flexibility index (Phi) is 4.30. The van der Waals surface area contributed by atoms with Crippen LogP contribution in [0.4, 0.5) is 4.79 Å². The Morgan fingerprint density at radius 3 is 2.67 bits per heavy atom. The maximum Gasteiger partial charge on any atom is 0.422 e. The van der Waals surface area contributed by atoms with Crippen molar-refractivity contribution in [2.75, 3.05) is 13.7 Å². The quantitative estimate of drug-likeness (QED) is 0.583. The van der Waals surface area contributed by atoms with E-state index in [1.165, 1.54) is 13.1 Å². The van der Waals surface area contributed by atoms with Crippen molar-refractivity contribution in [3.8, 4) is 0 Å². The monoisotopic (exact) mass is 194 g/mol. The number of ether oxygens (including phenoxy) is 1. The maximum absolute atomic E-state index is 10.6. The van der Waals surface area contributed by atoms with E-state index >= 15 is 0 Å². The molecule has 0 atom stereocenters. The topological polar surface area (TPSA) is 84.5 Å². The smallest absolute Gasteiger partial charge is 0.422 e. The fourth-order valence-electron chi connectivity index (χ4n) is 0.325. The molecule has 0 aliphatic carbocycles. The number of hydrogen-bond donors (Lipinski definition) is 2. The van der Waals surface area contributed by atoms with Gasteiger partial charge in [-0.3, -0.25) is 0 Å². The van der Waals surface area contributed by atoms with Crippen molar-refractivity contribution in [2.24, 2.45) is 0 Å². The van der Waals surface area contributed by atoms with E-state index in [9.17, 15) is 13.2 Å². The number of amides is 1. The van der Waals surface area contributed by atoms with Crippen LogP contribution >= 0.6 is 0 Å². The summed E-state index contributed by atoms with van der Waals surface area (Å²) < 4.78 is 29.1. The van der Waals surface area contributed by atoms with Crippen LogP contribution in [-0.2, 0) is 14.9 Å². The zero-order chi connectivity index (χ0) is 9.61. The van der Waals surface area contributed by atoms with Crippen molar-refractivity contribution in [3.05, 3.63) is 12.7 Å². The van der Waals surface area contributed by atoms with Gasteiger partial charge in [-0.25, -0.2) is 14.2 Å². The lowest BCUT2D eigenvalue weighted by atomic mass is 10.7. The second-order valence-electron chi connectivity index (χ2n) is 1.70. The number of hydrogen-bond acceptors (Lipinski definition) is 4. The summed E-state index contributed by atoms with van der Waals surface area (Å²) in [7, 11) is -2.59. The molecular formula is C5H10N2O4S. The fourth-order valence-corrected chi connectivity index (χ4v) is 0.705. The summed E-state index contributed by atoms with van der Waals surface area (Å²) in [5, 5.41) is 0. The lowest BCUT2D eigenvalue weighted by Gasteiger charge is -2.03. The van der Waals surface area contributed by atoms with Gasteiger partial charge in [0.2, 0.25) is 0 Å². The largest absolute Gasteiger partial charge is 0.445 e. The molecule has 2 N–H and O–H groups in total. The van der Waals surface area contributed by atoms with Crippen molar-refractivity contribution >= 4 is 16.3 Å². The molecule has 7 heteroatoms. The molecular weight excluding hydrogens is 184 g/mol. The molecule has 0 bridgehead atoms. The van der Waals surface area contributed by atoms with Gasteiger partial charge in [0.05, 0.1) is 0 Å². The van der Waals surface area contributed by atoms with Crippen molar-refractivity contribution in [2.45, 2.75) is 0 Å². The Bertz CT molecular complexity index is 259. The van der Waals surface area contributed by atoms with Crippen LogP contribution in [0.5, 0.6) is 0 Å². The minimum Gasteiger partial charge on any atom is -0.445 e. The maximum atomic E-state index is 10.6. The summed E-state index contributed by atoms with van der Waals surface area (Å²) in [4.78, 5) is 10.6. The molecule has 6 nitrogen and oxygen atoms in total. The van der Waals surface area contributed by atoms with Gasteiger partial charge in [-0.15, -0.1) is 0 Å². The predicted molar refractivity (Wildman–Crippen MR) is 42.7 cm³/mol. The number of carbonyl (C=O) groups is 1. The zero-order valence-electron chi connectivity index (χ0n) is 6.53. The van der Waals surface area contributed by atoms with E-state index in [0.717, 1.165) is 0 Å². The Morgan fingerprint density at radius 2 is 2.25 bits per heavy atom. The third-order valence-corrected chi connectivity index (χ3v) is 1.79. The lowest BCUT2D eigenvalue weighted by Crippen LogP contribution is -2.38. The third kappa shape index (κ3) is 4.69. The van der Waals surface area contributed by atoms with E-state index < -0.39 is 16.3 Å². The van der Waals surface area contributed by atoms with Crippen molar-refractivity contribution < 1.29 is 17.9 Å². The van der Waals surface area contributed by atoms with Crippen LogP contribution in [0.15, 0.2) is 12.7 Å². The minimum atomic E-state index is -3.76. The highest BCUT2D eigenvalue weighted by Crippen LogP contribution is 1.81. The third-order valence-electron chi connectivity index (χ3n) is 0.819. The molecule has 70 valence electrons. The molecule has 0 spiro atoms. The first kappa shape index (κ1) is 10.9. The average molecular weight is 194 g/mol. The van der Waals surface area contributed by atoms with E-state index in [2.05, 4.69) is 11.3 Å². The molecule has 0 aromatic rings. The van der Waals surface area contributed by atoms with Gasteiger partial charge in [0.25, 0.3) is 0 Å². The number of nitrogens with one attached hydrogen (secondary N) is 2. The molecule has 1 amide bonds. The Hall–Kier alpha value is -1.08. The van der Waals surface area contributed by atoms with Gasteiger partial charge >= 0.3 is 16.3 Å². The molecule has 0 rings (SSSR count). The van der Waals surface area contributed by atoms with Gasteiger partial charge in [0, 0.05) is 7.05 Å².